The molecule has 4 rings (SSSR count). The average molecular weight is 512 g/mol. The lowest BCUT2D eigenvalue weighted by Crippen LogP contribution is -2.70. The van der Waals surface area contributed by atoms with Crippen LogP contribution in [0.3, 0.4) is 0 Å². The summed E-state index contributed by atoms with van der Waals surface area (Å²) >= 11 is 0. The molecule has 0 amide bonds. The van der Waals surface area contributed by atoms with Crippen LogP contribution in [0.25, 0.3) is 0 Å². The monoisotopic (exact) mass is 511 g/mol. The number of nitrogens with zero attached hydrogens (tertiary/aromatic N) is 1. The molecule has 0 aromatic carbocycles. The van der Waals surface area contributed by atoms with Gasteiger partial charge in [-0.25, -0.2) is 0 Å². The lowest BCUT2D eigenvalue weighted by Gasteiger charge is -2.52. The third kappa shape index (κ3) is 3.17. The molecule has 6 atom stereocenters. The minimum absolute atomic E-state index is 0.0795. The smallest absolute Gasteiger partial charge is 0.215 e. The summed E-state index contributed by atoms with van der Waals surface area (Å²) < 4.78 is 6.07. The molecule has 1 fully saturated rings. The highest BCUT2D eigenvalue weighted by atomic mass is 16.7. The highest BCUT2D eigenvalue weighted by Gasteiger charge is 2.81. The predicted octanol–water partition coefficient (Wildman–Crippen LogP) is 3.38. The van der Waals surface area contributed by atoms with E-state index in [1.165, 1.54) is 39.8 Å². The summed E-state index contributed by atoms with van der Waals surface area (Å²) in [4.78, 5) is 31.3. The van der Waals surface area contributed by atoms with Gasteiger partial charge in [0.2, 0.25) is 5.79 Å². The summed E-state index contributed by atoms with van der Waals surface area (Å²) in [5, 5.41) is 57.8. The fourth-order valence-electron chi connectivity index (χ4n) is 6.36. The number of allylic oxidation sites excluding steroid dienone is 6. The Morgan fingerprint density at radius 1 is 1.08 bits per heavy atom. The van der Waals surface area contributed by atoms with Gasteiger partial charge in [0.05, 0.1) is 22.7 Å². The maximum absolute atomic E-state index is 13.6. The summed E-state index contributed by atoms with van der Waals surface area (Å²) in [5.41, 5.74) is -7.21. The fraction of sp³-hybridized carbons (Fsp3) is 0.464. The molecular weight excluding hydrogens is 478 g/mol. The zero-order valence-corrected chi connectivity index (χ0v) is 21.7. The average Bonchev–Trinajstić information content (AvgIpc) is 3.02. The van der Waals surface area contributed by atoms with E-state index in [-0.39, 0.29) is 28.9 Å². The van der Waals surface area contributed by atoms with Gasteiger partial charge < -0.3 is 30.3 Å². The van der Waals surface area contributed by atoms with Crippen molar-refractivity contribution in [2.75, 3.05) is 0 Å². The van der Waals surface area contributed by atoms with Crippen molar-refractivity contribution >= 4 is 17.3 Å². The van der Waals surface area contributed by atoms with Crippen LogP contribution in [0, 0.1) is 11.3 Å². The van der Waals surface area contributed by atoms with E-state index in [4.69, 9.17) is 4.74 Å². The maximum atomic E-state index is 13.6. The first-order valence-electron chi connectivity index (χ1n) is 12.2. The van der Waals surface area contributed by atoms with Crippen molar-refractivity contribution < 1.29 is 39.9 Å². The first-order valence-corrected chi connectivity index (χ1v) is 12.2. The Hall–Kier alpha value is -3.27. The number of hydrogen-bond acceptors (Lipinski definition) is 9. The Labute approximate surface area is 215 Å². The fourth-order valence-corrected chi connectivity index (χ4v) is 6.36. The molecule has 5 N–H and O–H groups in total. The van der Waals surface area contributed by atoms with E-state index in [2.05, 4.69) is 4.99 Å². The Kier molecular flexibility index (Phi) is 6.06. The molecule has 0 spiro atoms. The lowest BCUT2D eigenvalue weighted by molar-refractivity contribution is -0.308. The van der Waals surface area contributed by atoms with Gasteiger partial charge in [-0.1, -0.05) is 30.4 Å². The van der Waals surface area contributed by atoms with Crippen LogP contribution in [-0.4, -0.2) is 65.8 Å². The number of hydrogen-bond donors (Lipinski definition) is 5. The largest absolute Gasteiger partial charge is 0.511 e. The van der Waals surface area contributed by atoms with E-state index in [1.54, 1.807) is 38.2 Å². The number of Topliss-reactive ketones (excluding diaryl/α,β-unsaturated/α-hetero) is 2. The number of carbonyl (C=O) groups is 2. The third-order valence-corrected chi connectivity index (χ3v) is 8.19. The molecule has 2 aliphatic heterocycles. The Morgan fingerprint density at radius 3 is 2.32 bits per heavy atom. The number of rotatable bonds is 3. The maximum Gasteiger partial charge on any atom is 0.215 e. The van der Waals surface area contributed by atoms with Gasteiger partial charge in [-0.15, -0.1) is 0 Å². The zero-order valence-electron chi connectivity index (χ0n) is 21.7. The van der Waals surface area contributed by atoms with Crippen molar-refractivity contribution in [2.45, 2.75) is 71.0 Å². The van der Waals surface area contributed by atoms with E-state index in [0.29, 0.717) is 0 Å². The van der Waals surface area contributed by atoms with Gasteiger partial charge in [0.1, 0.15) is 22.9 Å². The third-order valence-electron chi connectivity index (χ3n) is 8.19. The van der Waals surface area contributed by atoms with Crippen LogP contribution in [-0.2, 0) is 14.3 Å². The molecule has 0 unspecified atom stereocenters. The second kappa shape index (κ2) is 8.37. The van der Waals surface area contributed by atoms with E-state index in [1.807, 2.05) is 0 Å². The highest BCUT2D eigenvalue weighted by molar-refractivity contribution is 6.28. The van der Waals surface area contributed by atoms with E-state index < -0.39 is 63.2 Å². The van der Waals surface area contributed by atoms with Gasteiger partial charge in [-0.3, -0.25) is 14.6 Å². The number of aliphatic hydroxyl groups is 5. The standard InChI is InChI=1S/C28H33NO8/c1-7-9-10-12-16(30)18-20(32)14(3)23(33)26(5)21(18)25(4)24(34)19-17(31)13-15(11-8-2)29-22(19)27(6,35)28(25,36)37-26/h7-12,15,21,30,32,34-36H,13H2,1-6H3/t15-,21+,25+,26-,27-,28+/m0/s1. The normalized spacial score (nSPS) is 41.6. The van der Waals surface area contributed by atoms with Gasteiger partial charge in [0.25, 0.3) is 0 Å². The number of ether oxygens (including phenoxy) is 1. The number of aliphatic imine (C=N–C) groups is 1. The number of aliphatic hydroxyl groups excluding tert-OH is 3. The number of carbonyl (C=O) groups excluding carboxylic acids is 2. The molecular formula is C28H33NO8. The quantitative estimate of drug-likeness (QED) is 0.219. The van der Waals surface area contributed by atoms with Crippen LogP contribution < -0.4 is 0 Å². The van der Waals surface area contributed by atoms with Gasteiger partial charge in [-0.05, 0) is 47.6 Å². The van der Waals surface area contributed by atoms with Crippen molar-refractivity contribution in [3.63, 3.8) is 0 Å². The molecule has 2 aliphatic carbocycles. The van der Waals surface area contributed by atoms with Crippen LogP contribution in [0.4, 0.5) is 0 Å². The summed E-state index contributed by atoms with van der Waals surface area (Å²) in [6, 6.07) is -0.631. The van der Waals surface area contributed by atoms with Crippen LogP contribution >= 0.6 is 0 Å². The van der Waals surface area contributed by atoms with Gasteiger partial charge in [-0.2, -0.15) is 0 Å². The van der Waals surface area contributed by atoms with Crippen molar-refractivity contribution in [1.82, 2.24) is 0 Å². The molecule has 0 aromatic rings. The van der Waals surface area contributed by atoms with E-state index in [9.17, 15) is 35.1 Å². The molecule has 0 aromatic heterocycles. The second-order valence-electron chi connectivity index (χ2n) is 10.5. The topological polar surface area (TPSA) is 157 Å². The van der Waals surface area contributed by atoms with Crippen LogP contribution in [0.5, 0.6) is 0 Å². The Morgan fingerprint density at radius 2 is 1.73 bits per heavy atom. The Balaban J connectivity index is 2.12. The summed E-state index contributed by atoms with van der Waals surface area (Å²) in [7, 11) is 0. The summed E-state index contributed by atoms with van der Waals surface area (Å²) in [5.74, 6) is -6.92. The first kappa shape index (κ1) is 26.8. The molecule has 0 radical (unpaired) electrons. The predicted molar refractivity (Wildman–Crippen MR) is 136 cm³/mol. The van der Waals surface area contributed by atoms with Gasteiger partial charge >= 0.3 is 0 Å². The molecule has 37 heavy (non-hydrogen) atoms. The zero-order chi connectivity index (χ0) is 27.7. The second-order valence-corrected chi connectivity index (χ2v) is 10.5. The molecule has 198 valence electrons. The van der Waals surface area contributed by atoms with E-state index in [0.717, 1.165) is 0 Å². The number of ketones is 2. The lowest BCUT2D eigenvalue weighted by atomic mass is 9.53. The molecule has 0 saturated carbocycles. The van der Waals surface area contributed by atoms with Gasteiger partial charge in [0.15, 0.2) is 17.2 Å². The minimum Gasteiger partial charge on any atom is -0.511 e. The number of fused-ring (bicyclic) bond motifs is 4. The highest BCUT2D eigenvalue weighted by Crippen LogP contribution is 2.68. The first-order chi connectivity index (χ1) is 17.1. The molecule has 9 nitrogen and oxygen atoms in total. The molecule has 9 heteroatoms. The molecule has 4 aliphatic rings. The van der Waals surface area contributed by atoms with Crippen LogP contribution in [0.15, 0.2) is 75.4 Å². The molecule has 2 heterocycles. The van der Waals surface area contributed by atoms with E-state index >= 15 is 0 Å². The van der Waals surface area contributed by atoms with Crippen molar-refractivity contribution in [2.24, 2.45) is 16.3 Å². The van der Waals surface area contributed by atoms with Crippen molar-refractivity contribution in [3.8, 4) is 0 Å². The Bertz CT molecular complexity index is 1310. The SMILES string of the molecule is CC=CC=CC(O)=C1C(O)=C(C)C(=O)[C@@]2(C)O[C@@]3(O)[C@@](C)(O)C4=N[C@@H](C=CC)CC(=O)C4=C(O)[C@@]3(C)[C@@H]12. The molecule has 0 bridgehead atoms. The molecule has 1 saturated heterocycles. The van der Waals surface area contributed by atoms with Crippen molar-refractivity contribution in [3.05, 3.63) is 70.5 Å². The van der Waals surface area contributed by atoms with Crippen molar-refractivity contribution in [1.29, 1.82) is 0 Å². The summed E-state index contributed by atoms with van der Waals surface area (Å²) in [6.45, 7) is 8.79. The van der Waals surface area contributed by atoms with Gasteiger partial charge in [0, 0.05) is 23.5 Å². The van der Waals surface area contributed by atoms with Crippen LogP contribution in [0.1, 0.15) is 48.0 Å². The minimum atomic E-state index is -2.69. The summed E-state index contributed by atoms with van der Waals surface area (Å²) in [6.07, 6.45) is 9.43. The van der Waals surface area contributed by atoms with Crippen LogP contribution in [0.2, 0.25) is 0 Å².